The quantitative estimate of drug-likeness (QED) is 0.308. The molecule has 34 heavy (non-hydrogen) atoms. The summed E-state index contributed by atoms with van der Waals surface area (Å²) in [4.78, 5) is 25.3. The average Bonchev–Trinajstić information content (AvgIpc) is 3.31. The van der Waals surface area contributed by atoms with E-state index < -0.39 is 42.8 Å². The minimum atomic E-state index is -3.26. The Kier molecular flexibility index (Phi) is 7.18. The lowest BCUT2D eigenvalue weighted by molar-refractivity contribution is -0.149. The Labute approximate surface area is 206 Å². The molecule has 0 radical (unpaired) electrons. The van der Waals surface area contributed by atoms with Gasteiger partial charge in [0.05, 0.1) is 24.9 Å². The normalized spacial score (nSPS) is 32.1. The third-order valence-corrected chi connectivity index (χ3v) is 8.51. The second-order valence-corrected chi connectivity index (χ2v) is 11.9. The van der Waals surface area contributed by atoms with Crippen LogP contribution in [0.4, 0.5) is 10.2 Å². The SMILES string of the molecule is CNc1nc(C)nc2c1ncn2[C@@H]1O[C@]2(CCl)COP(=S)(N[C@@H](C)C(=O)OC(C)C)O[C@H]2[C@@H]1F. The van der Waals surface area contributed by atoms with Crippen LogP contribution in [0.1, 0.15) is 32.8 Å². The zero-order valence-corrected chi connectivity index (χ0v) is 21.8. The van der Waals surface area contributed by atoms with Gasteiger partial charge in [-0.05, 0) is 39.5 Å². The van der Waals surface area contributed by atoms with E-state index >= 15 is 4.39 Å². The van der Waals surface area contributed by atoms with Crippen LogP contribution in [0.3, 0.4) is 0 Å². The van der Waals surface area contributed by atoms with Crippen LogP contribution in [0.25, 0.3) is 11.2 Å². The topological polar surface area (TPSA) is 122 Å². The molecule has 0 aromatic carbocycles. The van der Waals surface area contributed by atoms with E-state index in [9.17, 15) is 4.79 Å². The van der Waals surface area contributed by atoms with Crippen molar-refractivity contribution in [1.29, 1.82) is 0 Å². The number of nitrogens with one attached hydrogen (secondary N) is 2. The summed E-state index contributed by atoms with van der Waals surface area (Å²) in [6.07, 6.45) is -2.81. The lowest BCUT2D eigenvalue weighted by Gasteiger charge is -2.41. The summed E-state index contributed by atoms with van der Waals surface area (Å²) < 4.78 is 40.5. The number of rotatable bonds is 7. The summed E-state index contributed by atoms with van der Waals surface area (Å²) in [6, 6.07) is -0.815. The Hall–Kier alpha value is -1.47. The second kappa shape index (κ2) is 9.53. The van der Waals surface area contributed by atoms with Gasteiger partial charge in [-0.1, -0.05) is 0 Å². The molecule has 2 saturated heterocycles. The van der Waals surface area contributed by atoms with Gasteiger partial charge in [0.25, 0.3) is 6.64 Å². The van der Waals surface area contributed by atoms with Gasteiger partial charge in [0, 0.05) is 7.05 Å². The Morgan fingerprint density at radius 2 is 2.21 bits per heavy atom. The van der Waals surface area contributed by atoms with E-state index in [0.29, 0.717) is 22.8 Å². The van der Waals surface area contributed by atoms with E-state index in [0.717, 1.165) is 0 Å². The Morgan fingerprint density at radius 1 is 1.47 bits per heavy atom. The fraction of sp³-hybridized carbons (Fsp3) is 0.684. The number of imidazole rings is 1. The number of carbonyl (C=O) groups is 1. The first-order valence-corrected chi connectivity index (χ1v) is 13.9. The van der Waals surface area contributed by atoms with Gasteiger partial charge in [-0.3, -0.25) is 9.36 Å². The van der Waals surface area contributed by atoms with Gasteiger partial charge >= 0.3 is 5.97 Å². The molecular formula is C19H27ClFN6O5PS. The first-order valence-electron chi connectivity index (χ1n) is 10.7. The number of hydrogen-bond donors (Lipinski definition) is 2. The summed E-state index contributed by atoms with van der Waals surface area (Å²) in [6.45, 7) is 3.41. The van der Waals surface area contributed by atoms with Crippen molar-refractivity contribution < 1.29 is 27.7 Å². The Balaban J connectivity index is 1.61. The van der Waals surface area contributed by atoms with Crippen molar-refractivity contribution in [3.63, 3.8) is 0 Å². The molecule has 0 spiro atoms. The number of halogens is 2. The number of carbonyl (C=O) groups excluding carboxylic acids is 1. The molecule has 0 amide bonds. The van der Waals surface area contributed by atoms with E-state index in [1.54, 1.807) is 34.7 Å². The number of anilines is 1. The van der Waals surface area contributed by atoms with Crippen molar-refractivity contribution >= 4 is 53.0 Å². The fourth-order valence-corrected chi connectivity index (χ4v) is 6.87. The number of fused-ring (bicyclic) bond motifs is 2. The fourth-order valence-electron chi connectivity index (χ4n) is 3.89. The highest BCUT2D eigenvalue weighted by atomic mass is 35.5. The van der Waals surface area contributed by atoms with Gasteiger partial charge in [-0.2, -0.15) is 0 Å². The van der Waals surface area contributed by atoms with Crippen LogP contribution in [0.5, 0.6) is 0 Å². The molecule has 0 aliphatic carbocycles. The molecule has 2 aliphatic heterocycles. The van der Waals surface area contributed by atoms with E-state index in [1.807, 2.05) is 0 Å². The van der Waals surface area contributed by atoms with Gasteiger partial charge in [0.1, 0.15) is 23.6 Å². The van der Waals surface area contributed by atoms with Gasteiger partial charge in [0.15, 0.2) is 29.4 Å². The highest BCUT2D eigenvalue weighted by Gasteiger charge is 2.62. The lowest BCUT2D eigenvalue weighted by atomic mass is 9.99. The summed E-state index contributed by atoms with van der Waals surface area (Å²) >= 11 is 11.8. The predicted octanol–water partition coefficient (Wildman–Crippen LogP) is 2.59. The van der Waals surface area contributed by atoms with Crippen molar-refractivity contribution in [2.45, 2.75) is 63.9 Å². The molecular weight excluding hydrogens is 510 g/mol. The van der Waals surface area contributed by atoms with E-state index in [4.69, 9.17) is 41.9 Å². The van der Waals surface area contributed by atoms with Crippen LogP contribution in [0.15, 0.2) is 6.33 Å². The number of aryl methyl sites for hydroxylation is 1. The van der Waals surface area contributed by atoms with Gasteiger partial charge < -0.3 is 23.8 Å². The maximum absolute atomic E-state index is 15.9. The molecule has 15 heteroatoms. The molecule has 6 atom stereocenters. The van der Waals surface area contributed by atoms with Crippen LogP contribution in [0, 0.1) is 6.92 Å². The molecule has 0 bridgehead atoms. The number of esters is 1. The summed E-state index contributed by atoms with van der Waals surface area (Å²) in [5, 5.41) is 5.83. The summed E-state index contributed by atoms with van der Waals surface area (Å²) in [5.41, 5.74) is -0.418. The average molecular weight is 537 g/mol. The largest absolute Gasteiger partial charge is 0.462 e. The molecule has 2 aliphatic rings. The Bertz CT molecular complexity index is 1140. The molecule has 4 heterocycles. The minimum absolute atomic E-state index is 0.0999. The molecule has 2 fully saturated rings. The van der Waals surface area contributed by atoms with E-state index in [-0.39, 0.29) is 18.6 Å². The number of aromatic nitrogens is 4. The standard InChI is InChI=1S/C19H27ClFN6O5PS/c1-9(2)30-18(28)10(3)26-33(34)29-7-19(6-20)14(32-33)12(21)17(31-19)27-8-23-13-15(22-5)24-11(4)25-16(13)27/h8-10,12,14,17H,6-7H2,1-5H3,(H,26,34)(H,22,24,25)/t10-,12-,14-,17+,19+,33?/m0/s1. The van der Waals surface area contributed by atoms with Crippen molar-refractivity contribution in [2.24, 2.45) is 0 Å². The highest BCUT2D eigenvalue weighted by Crippen LogP contribution is 2.58. The predicted molar refractivity (Wildman–Crippen MR) is 127 cm³/mol. The number of alkyl halides is 2. The molecule has 2 N–H and O–H groups in total. The third kappa shape index (κ3) is 4.55. The van der Waals surface area contributed by atoms with Crippen LogP contribution in [-0.2, 0) is 35.1 Å². The zero-order chi connectivity index (χ0) is 24.8. The van der Waals surface area contributed by atoms with E-state index in [2.05, 4.69) is 25.4 Å². The number of hydrogen-bond acceptors (Lipinski definition) is 10. The van der Waals surface area contributed by atoms with Crippen molar-refractivity contribution in [1.82, 2.24) is 24.6 Å². The maximum Gasteiger partial charge on any atom is 0.323 e. The minimum Gasteiger partial charge on any atom is -0.462 e. The highest BCUT2D eigenvalue weighted by molar-refractivity contribution is 8.09. The monoisotopic (exact) mass is 536 g/mol. The van der Waals surface area contributed by atoms with E-state index in [1.165, 1.54) is 10.9 Å². The van der Waals surface area contributed by atoms with Crippen LogP contribution in [0.2, 0.25) is 0 Å². The summed E-state index contributed by atoms with van der Waals surface area (Å²) in [5.74, 6) is 0.383. The van der Waals surface area contributed by atoms with Crippen LogP contribution < -0.4 is 10.4 Å². The lowest BCUT2D eigenvalue weighted by Crippen LogP contribution is -2.53. The second-order valence-electron chi connectivity index (χ2n) is 8.48. The molecule has 188 valence electrons. The van der Waals surface area contributed by atoms with Crippen molar-refractivity contribution in [3.05, 3.63) is 12.2 Å². The first kappa shape index (κ1) is 25.6. The first-order chi connectivity index (χ1) is 16.0. The van der Waals surface area contributed by atoms with Gasteiger partial charge in [0.2, 0.25) is 0 Å². The van der Waals surface area contributed by atoms with Crippen LogP contribution >= 0.6 is 18.2 Å². The van der Waals surface area contributed by atoms with Crippen molar-refractivity contribution in [3.8, 4) is 0 Å². The molecule has 4 rings (SSSR count). The van der Waals surface area contributed by atoms with Gasteiger partial charge in [-0.25, -0.2) is 24.4 Å². The molecule has 2 aromatic heterocycles. The number of ether oxygens (including phenoxy) is 2. The summed E-state index contributed by atoms with van der Waals surface area (Å²) in [7, 11) is 1.71. The number of nitrogens with zero attached hydrogens (tertiary/aromatic N) is 4. The zero-order valence-electron chi connectivity index (χ0n) is 19.3. The third-order valence-electron chi connectivity index (χ3n) is 5.49. The molecule has 11 nitrogen and oxygen atoms in total. The molecule has 1 unspecified atom stereocenters. The maximum atomic E-state index is 15.9. The van der Waals surface area contributed by atoms with Crippen LogP contribution in [-0.4, -0.2) is 75.0 Å². The van der Waals surface area contributed by atoms with Gasteiger partial charge in [-0.15, -0.1) is 11.6 Å². The Morgan fingerprint density at radius 3 is 2.85 bits per heavy atom. The van der Waals surface area contributed by atoms with Crippen molar-refractivity contribution in [2.75, 3.05) is 24.9 Å². The molecule has 0 saturated carbocycles. The smallest absolute Gasteiger partial charge is 0.323 e. The molecule has 2 aromatic rings.